The van der Waals surface area contributed by atoms with Crippen LogP contribution in [0.3, 0.4) is 0 Å². The first-order valence-electron chi connectivity index (χ1n) is 22.7. The molecule has 0 amide bonds. The monoisotopic (exact) mass is 821 g/mol. The Morgan fingerprint density at radius 3 is 2.38 bits per heavy atom. The molecule has 312 valence electrons. The van der Waals surface area contributed by atoms with Crippen molar-refractivity contribution >= 4 is 51.7 Å². The molecule has 3 aliphatic carbocycles. The van der Waals surface area contributed by atoms with Gasteiger partial charge in [-0.25, -0.2) is 4.99 Å². The molecule has 1 aliphatic heterocycles. The molecule has 4 aromatic carbocycles. The molecule has 6 aromatic rings. The van der Waals surface area contributed by atoms with Crippen LogP contribution in [-0.2, 0) is 12.8 Å². The van der Waals surface area contributed by atoms with Crippen molar-refractivity contribution in [2.24, 2.45) is 22.7 Å². The minimum atomic E-state index is 0.323. The largest absolute Gasteiger partial charge is 0.380 e. The highest BCUT2D eigenvalue weighted by Gasteiger charge is 2.28. The summed E-state index contributed by atoms with van der Waals surface area (Å²) in [7, 11) is 0. The van der Waals surface area contributed by atoms with Gasteiger partial charge in [-0.1, -0.05) is 154 Å². The van der Waals surface area contributed by atoms with Crippen molar-refractivity contribution in [3.05, 3.63) is 214 Å². The Hall–Kier alpha value is -6.98. The first kappa shape index (κ1) is 40.1. The highest BCUT2D eigenvalue weighted by atomic mass is 15.0. The normalized spacial score (nSPS) is 18.7. The predicted octanol–water partition coefficient (Wildman–Crippen LogP) is 13.6. The van der Waals surface area contributed by atoms with Crippen molar-refractivity contribution < 1.29 is 0 Å². The number of aromatic nitrogens is 2. The summed E-state index contributed by atoms with van der Waals surface area (Å²) in [6, 6.07) is 36.8. The third-order valence-corrected chi connectivity index (χ3v) is 13.1. The second-order valence-corrected chi connectivity index (χ2v) is 17.8. The van der Waals surface area contributed by atoms with Gasteiger partial charge in [-0.05, 0) is 108 Å². The number of rotatable bonds is 11. The van der Waals surface area contributed by atoms with Gasteiger partial charge in [0, 0.05) is 63.7 Å². The third-order valence-electron chi connectivity index (χ3n) is 13.1. The lowest BCUT2D eigenvalue weighted by Gasteiger charge is -2.25. The Bertz CT molecular complexity index is 3020. The van der Waals surface area contributed by atoms with Gasteiger partial charge >= 0.3 is 0 Å². The van der Waals surface area contributed by atoms with Gasteiger partial charge in [0.15, 0.2) is 0 Å². The zero-order valence-corrected chi connectivity index (χ0v) is 36.6. The van der Waals surface area contributed by atoms with E-state index >= 15 is 0 Å². The Labute approximate surface area is 371 Å². The van der Waals surface area contributed by atoms with E-state index in [1.807, 2.05) is 6.34 Å². The number of nitrogens with one attached hydrogen (secondary N) is 2. The SMILES string of the molecule is CC(C)\C=C/C=C(CC(=N)c1ccc(C2=CC=C(C3=CC=CC(C)C3)CN2)cc1)/N=C/n1c2c(c3ccccc31)CC(C1=Cc3c(n(-c4ccccc4)c4ccccc34)CC1)C=C2. The van der Waals surface area contributed by atoms with Gasteiger partial charge in [0.05, 0.1) is 23.1 Å². The second kappa shape index (κ2) is 17.4. The summed E-state index contributed by atoms with van der Waals surface area (Å²) in [5.41, 5.74) is 17.8. The Morgan fingerprint density at radius 2 is 1.60 bits per heavy atom. The fraction of sp³-hybridized carbons (Fsp3) is 0.207. The van der Waals surface area contributed by atoms with Crippen molar-refractivity contribution in [1.29, 1.82) is 5.41 Å². The number of para-hydroxylation sites is 3. The minimum Gasteiger partial charge on any atom is -0.380 e. The van der Waals surface area contributed by atoms with Crippen LogP contribution in [0.25, 0.3) is 45.3 Å². The number of benzene rings is 4. The van der Waals surface area contributed by atoms with Crippen molar-refractivity contribution in [3.63, 3.8) is 0 Å². The van der Waals surface area contributed by atoms with Crippen molar-refractivity contribution in [1.82, 2.24) is 14.5 Å². The third kappa shape index (κ3) is 8.12. The fourth-order valence-corrected chi connectivity index (χ4v) is 9.83. The van der Waals surface area contributed by atoms with Crippen LogP contribution in [0.5, 0.6) is 0 Å². The van der Waals surface area contributed by atoms with Crippen LogP contribution in [-0.4, -0.2) is 27.7 Å². The molecule has 0 radical (unpaired) electrons. The van der Waals surface area contributed by atoms with E-state index in [9.17, 15) is 5.41 Å². The number of nitrogens with zero attached hydrogens (tertiary/aromatic N) is 3. The Kier molecular flexibility index (Phi) is 11.1. The van der Waals surface area contributed by atoms with E-state index in [-0.39, 0.29) is 0 Å². The number of fused-ring (bicyclic) bond motifs is 6. The number of hydrogen-bond acceptors (Lipinski definition) is 3. The standard InChI is InChI=1S/C58H55N5/c1-39(2)13-11-16-47(36-53(59)41-23-25-42(26-24-41)54-30-27-46(37-60-54)43-15-12-14-40(3)33-43)61-38-62-55-21-9-7-19-49(55)51-34-44(28-31-56(51)62)45-29-32-58-52(35-45)50-20-8-10-22-57(50)63(58)48-17-5-4-6-18-48/h4-28,30-31,35,38-40,44,59-60H,29,32-34,36-37H2,1-3H3/b13-11-,47-16+,59-53?,61-38+. The molecule has 5 heteroatoms. The van der Waals surface area contributed by atoms with Crippen LogP contribution in [0, 0.1) is 23.2 Å². The predicted molar refractivity (Wildman–Crippen MR) is 267 cm³/mol. The smallest absolute Gasteiger partial charge is 0.0999 e. The second-order valence-electron chi connectivity index (χ2n) is 17.8. The zero-order chi connectivity index (χ0) is 42.9. The maximum absolute atomic E-state index is 9.23. The molecule has 0 spiro atoms. The molecular formula is C58H55N5. The van der Waals surface area contributed by atoms with Gasteiger partial charge in [0.2, 0.25) is 0 Å². The van der Waals surface area contributed by atoms with E-state index in [0.29, 0.717) is 29.9 Å². The Balaban J connectivity index is 0.900. The number of allylic oxidation sites excluding steroid dienone is 11. The molecule has 63 heavy (non-hydrogen) atoms. The quantitative estimate of drug-likeness (QED) is 0.0763. The molecule has 4 aliphatic rings. The van der Waals surface area contributed by atoms with Gasteiger partial charge in [-0.15, -0.1) is 0 Å². The van der Waals surface area contributed by atoms with Crippen LogP contribution in [0.2, 0.25) is 0 Å². The first-order valence-corrected chi connectivity index (χ1v) is 22.7. The van der Waals surface area contributed by atoms with E-state index in [4.69, 9.17) is 4.99 Å². The van der Waals surface area contributed by atoms with Crippen LogP contribution < -0.4 is 5.32 Å². The van der Waals surface area contributed by atoms with E-state index in [1.54, 1.807) is 0 Å². The summed E-state index contributed by atoms with van der Waals surface area (Å²) < 4.78 is 4.72. The Morgan fingerprint density at radius 1 is 0.825 bits per heavy atom. The van der Waals surface area contributed by atoms with E-state index < -0.39 is 0 Å². The molecule has 3 heterocycles. The molecule has 0 saturated heterocycles. The minimum absolute atomic E-state index is 0.323. The summed E-state index contributed by atoms with van der Waals surface area (Å²) >= 11 is 0. The zero-order valence-electron chi connectivity index (χ0n) is 36.6. The van der Waals surface area contributed by atoms with Crippen molar-refractivity contribution in [2.75, 3.05) is 6.54 Å². The fourth-order valence-electron chi connectivity index (χ4n) is 9.83. The van der Waals surface area contributed by atoms with Crippen molar-refractivity contribution in [3.8, 4) is 5.69 Å². The topological polar surface area (TPSA) is 58.1 Å². The van der Waals surface area contributed by atoms with Crippen LogP contribution >= 0.6 is 0 Å². The summed E-state index contributed by atoms with van der Waals surface area (Å²) in [4.78, 5) is 5.14. The van der Waals surface area contributed by atoms with Gasteiger partial charge in [0.1, 0.15) is 0 Å². The molecule has 0 fully saturated rings. The molecule has 2 atom stereocenters. The summed E-state index contributed by atoms with van der Waals surface area (Å²) in [5, 5.41) is 15.5. The van der Waals surface area contributed by atoms with Gasteiger partial charge < -0.3 is 19.9 Å². The van der Waals surface area contributed by atoms with Gasteiger partial charge in [-0.2, -0.15) is 0 Å². The van der Waals surface area contributed by atoms with Crippen LogP contribution in [0.15, 0.2) is 185 Å². The van der Waals surface area contributed by atoms with Crippen LogP contribution in [0.4, 0.5) is 0 Å². The highest BCUT2D eigenvalue weighted by molar-refractivity contribution is 6.00. The number of hydrogen-bond donors (Lipinski definition) is 2. The van der Waals surface area contributed by atoms with E-state index in [1.165, 1.54) is 61.2 Å². The average molecular weight is 822 g/mol. The molecule has 2 aromatic heterocycles. The molecular weight excluding hydrogens is 767 g/mol. The molecule has 0 saturated carbocycles. The molecule has 2 N–H and O–H groups in total. The summed E-state index contributed by atoms with van der Waals surface area (Å²) in [6.07, 6.45) is 31.2. The summed E-state index contributed by atoms with van der Waals surface area (Å²) in [5.74, 6) is 1.32. The maximum atomic E-state index is 9.23. The molecule has 0 bridgehead atoms. The van der Waals surface area contributed by atoms with E-state index in [2.05, 4.69) is 205 Å². The highest BCUT2D eigenvalue weighted by Crippen LogP contribution is 2.41. The lowest BCUT2D eigenvalue weighted by molar-refractivity contribution is 0.690. The summed E-state index contributed by atoms with van der Waals surface area (Å²) in [6.45, 7) is 7.45. The van der Waals surface area contributed by atoms with Crippen LogP contribution in [0.1, 0.15) is 73.7 Å². The van der Waals surface area contributed by atoms with E-state index in [0.717, 1.165) is 60.3 Å². The lowest BCUT2D eigenvalue weighted by Crippen LogP contribution is -2.20. The maximum Gasteiger partial charge on any atom is 0.0999 e. The molecule has 2 unspecified atom stereocenters. The number of aliphatic imine (C=N–C) groups is 1. The first-order chi connectivity index (χ1) is 30.9. The van der Waals surface area contributed by atoms with Crippen molar-refractivity contribution in [2.45, 2.75) is 52.9 Å². The lowest BCUT2D eigenvalue weighted by atomic mass is 9.81. The van der Waals surface area contributed by atoms with Gasteiger partial charge in [-0.3, -0.25) is 0 Å². The van der Waals surface area contributed by atoms with Gasteiger partial charge in [0.25, 0.3) is 0 Å². The molecule has 10 rings (SSSR count). The average Bonchev–Trinajstić information content (AvgIpc) is 3.82. The number of dihydropyridines is 1. The molecule has 5 nitrogen and oxygen atoms in total.